The van der Waals surface area contributed by atoms with Gasteiger partial charge >= 0.3 is 0 Å². The topological polar surface area (TPSA) is 64.9 Å². The van der Waals surface area contributed by atoms with E-state index in [1.807, 2.05) is 42.5 Å². The van der Waals surface area contributed by atoms with E-state index in [0.717, 1.165) is 35.1 Å². The molecule has 178 valence electrons. The van der Waals surface area contributed by atoms with Gasteiger partial charge in [0.05, 0.1) is 5.69 Å². The van der Waals surface area contributed by atoms with E-state index in [2.05, 4.69) is 20.8 Å². The Morgan fingerprint density at radius 1 is 1.00 bits per heavy atom. The Morgan fingerprint density at radius 3 is 2.62 bits per heavy atom. The van der Waals surface area contributed by atoms with Crippen molar-refractivity contribution < 1.29 is 9.13 Å². The predicted octanol–water partition coefficient (Wildman–Crippen LogP) is 5.73. The Morgan fingerprint density at radius 2 is 1.79 bits per heavy atom. The number of thioether (sulfide) groups is 1. The van der Waals surface area contributed by atoms with Gasteiger partial charge in [-0.2, -0.15) is 4.68 Å². The summed E-state index contributed by atoms with van der Waals surface area (Å²) in [5, 5.41) is 16.8. The minimum atomic E-state index is -0.276. The second kappa shape index (κ2) is 13.3. The van der Waals surface area contributed by atoms with Crippen LogP contribution < -0.4 is 10.1 Å². The second-order valence-electron chi connectivity index (χ2n) is 7.22. The van der Waals surface area contributed by atoms with E-state index in [0.29, 0.717) is 22.9 Å². The summed E-state index contributed by atoms with van der Waals surface area (Å²) in [6, 6.07) is 21.9. The van der Waals surface area contributed by atoms with E-state index in [1.165, 1.54) is 6.07 Å². The van der Waals surface area contributed by atoms with Gasteiger partial charge in [0.1, 0.15) is 18.2 Å². The van der Waals surface area contributed by atoms with Gasteiger partial charge in [-0.3, -0.25) is 0 Å². The van der Waals surface area contributed by atoms with Gasteiger partial charge in [0.2, 0.25) is 5.16 Å². The van der Waals surface area contributed by atoms with Crippen LogP contribution in [-0.4, -0.2) is 32.5 Å². The molecule has 6 nitrogen and oxygen atoms in total. The standard InChI is InChI=1S/C24H23ClFN5OS.ClH/c25-20-11-12-23(32-17-18-7-4-5-10-22(18)26)19(15-20)16-27-13-6-14-33-24-28-29-30-31(24)21-8-2-1-3-9-21;/h1-5,7-12,15,27H,6,13-14,16-17H2;1H. The lowest BCUT2D eigenvalue weighted by molar-refractivity contribution is 0.296. The summed E-state index contributed by atoms with van der Waals surface area (Å²) in [5.74, 6) is 1.28. The zero-order valence-corrected chi connectivity index (χ0v) is 20.6. The van der Waals surface area contributed by atoms with Gasteiger partial charge in [-0.1, -0.05) is 59.8 Å². The molecule has 1 N–H and O–H groups in total. The lowest BCUT2D eigenvalue weighted by Gasteiger charge is -2.13. The molecule has 0 saturated heterocycles. The third kappa shape index (κ3) is 7.17. The molecule has 0 atom stereocenters. The maximum atomic E-state index is 13.9. The normalized spacial score (nSPS) is 10.6. The minimum absolute atomic E-state index is 0. The first-order valence-electron chi connectivity index (χ1n) is 10.5. The zero-order chi connectivity index (χ0) is 22.9. The predicted molar refractivity (Wildman–Crippen MR) is 136 cm³/mol. The highest BCUT2D eigenvalue weighted by atomic mass is 35.5. The van der Waals surface area contributed by atoms with Crippen LogP contribution in [0.3, 0.4) is 0 Å². The molecule has 0 unspecified atom stereocenters. The van der Waals surface area contributed by atoms with Crippen LogP contribution in [0.1, 0.15) is 17.5 Å². The highest BCUT2D eigenvalue weighted by Crippen LogP contribution is 2.24. The monoisotopic (exact) mass is 519 g/mol. The van der Waals surface area contributed by atoms with Crippen LogP contribution in [0.25, 0.3) is 5.69 Å². The summed E-state index contributed by atoms with van der Waals surface area (Å²) in [5.41, 5.74) is 2.38. The number of nitrogens with one attached hydrogen (secondary N) is 1. The van der Waals surface area contributed by atoms with Crippen molar-refractivity contribution in [2.45, 2.75) is 24.7 Å². The third-order valence-electron chi connectivity index (χ3n) is 4.85. The van der Waals surface area contributed by atoms with Gasteiger partial charge in [0.25, 0.3) is 0 Å². The number of hydrogen-bond acceptors (Lipinski definition) is 6. The Bertz CT molecular complexity index is 1180. The molecule has 0 fully saturated rings. The number of nitrogens with zero attached hydrogens (tertiary/aromatic N) is 4. The SMILES string of the molecule is Cl.Fc1ccccc1COc1ccc(Cl)cc1CNCCCSc1nnnn1-c1ccccc1. The molecule has 0 aliphatic heterocycles. The van der Waals surface area contributed by atoms with Crippen molar-refractivity contribution in [3.8, 4) is 11.4 Å². The summed E-state index contributed by atoms with van der Waals surface area (Å²) in [7, 11) is 0. The van der Waals surface area contributed by atoms with Crippen LogP contribution in [-0.2, 0) is 13.2 Å². The molecule has 0 bridgehead atoms. The minimum Gasteiger partial charge on any atom is -0.488 e. The van der Waals surface area contributed by atoms with Crippen molar-refractivity contribution in [2.75, 3.05) is 12.3 Å². The van der Waals surface area contributed by atoms with Crippen LogP contribution in [0.2, 0.25) is 5.02 Å². The Kier molecular flexibility index (Phi) is 10.2. The van der Waals surface area contributed by atoms with E-state index >= 15 is 0 Å². The molecule has 0 aliphatic carbocycles. The lowest BCUT2D eigenvalue weighted by Crippen LogP contribution is -2.16. The Hall–Kier alpha value is -2.65. The molecule has 3 aromatic carbocycles. The summed E-state index contributed by atoms with van der Waals surface area (Å²) in [6.45, 7) is 1.56. The number of halogens is 3. The van der Waals surface area contributed by atoms with Gasteiger partial charge in [-0.05, 0) is 59.8 Å². The van der Waals surface area contributed by atoms with Crippen LogP contribution in [0.5, 0.6) is 5.75 Å². The first kappa shape index (κ1) is 26.0. The summed E-state index contributed by atoms with van der Waals surface area (Å²) in [6.07, 6.45) is 0.929. The molecule has 4 rings (SSSR count). The quantitative estimate of drug-likeness (QED) is 0.201. The lowest BCUT2D eigenvalue weighted by atomic mass is 10.2. The number of hydrogen-bond donors (Lipinski definition) is 1. The van der Waals surface area contributed by atoms with Gasteiger partial charge < -0.3 is 10.1 Å². The first-order chi connectivity index (χ1) is 16.2. The van der Waals surface area contributed by atoms with E-state index in [-0.39, 0.29) is 24.8 Å². The molecule has 34 heavy (non-hydrogen) atoms. The van der Waals surface area contributed by atoms with E-state index < -0.39 is 0 Å². The van der Waals surface area contributed by atoms with Crippen molar-refractivity contribution in [1.29, 1.82) is 0 Å². The van der Waals surface area contributed by atoms with Crippen molar-refractivity contribution >= 4 is 35.8 Å². The average Bonchev–Trinajstić information content (AvgIpc) is 3.31. The molecule has 1 aromatic heterocycles. The number of rotatable bonds is 11. The first-order valence-corrected chi connectivity index (χ1v) is 11.9. The fraction of sp³-hybridized carbons (Fsp3) is 0.208. The van der Waals surface area contributed by atoms with Gasteiger partial charge in [-0.15, -0.1) is 17.5 Å². The van der Waals surface area contributed by atoms with Crippen LogP contribution in [0, 0.1) is 5.82 Å². The molecule has 0 saturated carbocycles. The molecule has 0 spiro atoms. The molecule has 0 radical (unpaired) electrons. The summed E-state index contributed by atoms with van der Waals surface area (Å²) in [4.78, 5) is 0. The Labute approximate surface area is 213 Å². The number of tetrazole rings is 1. The molecular formula is C24H24Cl2FN5OS. The molecule has 10 heteroatoms. The van der Waals surface area contributed by atoms with Crippen molar-refractivity contribution in [3.05, 3.63) is 94.8 Å². The maximum Gasteiger partial charge on any atom is 0.214 e. The molecular weight excluding hydrogens is 496 g/mol. The average molecular weight is 520 g/mol. The van der Waals surface area contributed by atoms with Crippen LogP contribution >= 0.6 is 35.8 Å². The van der Waals surface area contributed by atoms with Crippen LogP contribution in [0.4, 0.5) is 4.39 Å². The van der Waals surface area contributed by atoms with E-state index in [9.17, 15) is 4.39 Å². The Balaban J connectivity index is 0.00000324. The fourth-order valence-electron chi connectivity index (χ4n) is 3.18. The number of benzene rings is 3. The molecule has 0 amide bonds. The second-order valence-corrected chi connectivity index (χ2v) is 8.72. The van der Waals surface area contributed by atoms with Crippen molar-refractivity contribution in [3.63, 3.8) is 0 Å². The van der Waals surface area contributed by atoms with Gasteiger partial charge in [0.15, 0.2) is 0 Å². The summed E-state index contributed by atoms with van der Waals surface area (Å²) >= 11 is 7.79. The van der Waals surface area contributed by atoms with E-state index in [4.69, 9.17) is 16.3 Å². The molecule has 4 aromatic rings. The number of ether oxygens (including phenoxy) is 1. The van der Waals surface area contributed by atoms with Crippen LogP contribution in [0.15, 0.2) is 78.0 Å². The van der Waals surface area contributed by atoms with Gasteiger partial charge in [0, 0.05) is 28.4 Å². The largest absolute Gasteiger partial charge is 0.488 e. The third-order valence-corrected chi connectivity index (χ3v) is 6.09. The van der Waals surface area contributed by atoms with Gasteiger partial charge in [-0.25, -0.2) is 4.39 Å². The van der Waals surface area contributed by atoms with E-state index in [1.54, 1.807) is 40.7 Å². The highest BCUT2D eigenvalue weighted by molar-refractivity contribution is 7.99. The summed E-state index contributed by atoms with van der Waals surface area (Å²) < 4.78 is 21.5. The molecule has 1 heterocycles. The maximum absolute atomic E-state index is 13.9. The van der Waals surface area contributed by atoms with Crippen molar-refractivity contribution in [1.82, 2.24) is 25.5 Å². The van der Waals surface area contributed by atoms with Crippen molar-refractivity contribution in [2.24, 2.45) is 0 Å². The number of aromatic nitrogens is 4. The molecule has 0 aliphatic rings. The number of para-hydroxylation sites is 1. The fourth-order valence-corrected chi connectivity index (χ4v) is 4.21. The smallest absolute Gasteiger partial charge is 0.214 e. The highest BCUT2D eigenvalue weighted by Gasteiger charge is 2.09. The zero-order valence-electron chi connectivity index (χ0n) is 18.2.